The Morgan fingerprint density at radius 1 is 1.13 bits per heavy atom. The number of fused-ring (bicyclic) bond motifs is 1. The van der Waals surface area contributed by atoms with Gasteiger partial charge in [0, 0.05) is 11.5 Å². The highest BCUT2D eigenvalue weighted by atomic mass is 16.5. The van der Waals surface area contributed by atoms with Crippen LogP contribution in [0.5, 0.6) is 0 Å². The minimum atomic E-state index is -0.997. The Kier molecular flexibility index (Phi) is 9.85. The molecule has 2 aliphatic rings. The number of methoxy groups -OCH3 is 1. The van der Waals surface area contributed by atoms with E-state index in [2.05, 4.69) is 22.9 Å². The summed E-state index contributed by atoms with van der Waals surface area (Å²) in [5.74, 6) is -1.21. The molecule has 3 atom stereocenters. The van der Waals surface area contributed by atoms with E-state index in [1.807, 2.05) is 56.3 Å². The van der Waals surface area contributed by atoms with Crippen molar-refractivity contribution < 1.29 is 23.9 Å². The van der Waals surface area contributed by atoms with Crippen molar-refractivity contribution in [2.45, 2.75) is 70.5 Å². The number of carbonyl (C=O) groups excluding carboxylic acids is 4. The van der Waals surface area contributed by atoms with E-state index in [1.54, 1.807) is 0 Å². The zero-order chi connectivity index (χ0) is 27.9. The van der Waals surface area contributed by atoms with Gasteiger partial charge in [-0.25, -0.2) is 4.79 Å². The Morgan fingerprint density at radius 3 is 2.39 bits per heavy atom. The molecule has 1 saturated heterocycles. The number of benzene rings is 2. The molecule has 5 N–H and O–H groups in total. The summed E-state index contributed by atoms with van der Waals surface area (Å²) in [4.78, 5) is 49.3. The standard InChI is InChI=1S/C25H32N4O5.C4H8/c1-25(2)13-17(22(31)29-25)12-20(24(33)34-3)28-21(30)14-27-23(32)19(26)11-16-9-6-8-15-7-4-5-10-18(15)16;1-4-2-3-4/h4-10,17,19-20H,11-14,26H2,1-3H3,(H,27,32)(H,28,30)(H,29,31);4H,2-3H2,1H3. The van der Waals surface area contributed by atoms with Crippen LogP contribution in [0.1, 0.15) is 52.0 Å². The summed E-state index contributed by atoms with van der Waals surface area (Å²) >= 11 is 0. The lowest BCUT2D eigenvalue weighted by atomic mass is 9.91. The fraction of sp³-hybridized carbons (Fsp3) is 0.517. The van der Waals surface area contributed by atoms with Crippen molar-refractivity contribution in [2.75, 3.05) is 13.7 Å². The van der Waals surface area contributed by atoms with Gasteiger partial charge in [0.15, 0.2) is 0 Å². The van der Waals surface area contributed by atoms with E-state index in [4.69, 9.17) is 10.5 Å². The number of amides is 3. The first-order valence-corrected chi connectivity index (χ1v) is 13.2. The molecule has 9 heteroatoms. The maximum Gasteiger partial charge on any atom is 0.328 e. The van der Waals surface area contributed by atoms with E-state index in [0.29, 0.717) is 12.8 Å². The highest BCUT2D eigenvalue weighted by molar-refractivity contribution is 5.91. The van der Waals surface area contributed by atoms with Crippen LogP contribution in [0.25, 0.3) is 10.8 Å². The van der Waals surface area contributed by atoms with Gasteiger partial charge < -0.3 is 26.4 Å². The summed E-state index contributed by atoms with van der Waals surface area (Å²) in [6.07, 6.45) is 3.93. The van der Waals surface area contributed by atoms with Crippen molar-refractivity contribution in [3.8, 4) is 0 Å². The number of hydrogen-bond donors (Lipinski definition) is 4. The summed E-state index contributed by atoms with van der Waals surface area (Å²) < 4.78 is 4.78. The second-order valence-corrected chi connectivity index (χ2v) is 11.0. The molecule has 1 heterocycles. The van der Waals surface area contributed by atoms with Crippen LogP contribution in [0.4, 0.5) is 0 Å². The smallest absolute Gasteiger partial charge is 0.328 e. The molecule has 1 aliphatic heterocycles. The number of nitrogens with two attached hydrogens (primary N) is 1. The van der Waals surface area contributed by atoms with Crippen molar-refractivity contribution in [3.63, 3.8) is 0 Å². The molecule has 0 aromatic heterocycles. The first-order valence-electron chi connectivity index (χ1n) is 13.2. The Balaban J connectivity index is 0.000000912. The van der Waals surface area contributed by atoms with E-state index < -0.39 is 35.8 Å². The van der Waals surface area contributed by atoms with Crippen molar-refractivity contribution in [1.82, 2.24) is 16.0 Å². The molecule has 206 valence electrons. The zero-order valence-electron chi connectivity index (χ0n) is 22.7. The third-order valence-electron chi connectivity index (χ3n) is 6.88. The van der Waals surface area contributed by atoms with Crippen LogP contribution in [0.2, 0.25) is 0 Å². The Hall–Kier alpha value is -3.46. The van der Waals surface area contributed by atoms with E-state index in [1.165, 1.54) is 20.0 Å². The van der Waals surface area contributed by atoms with Crippen molar-refractivity contribution in [1.29, 1.82) is 0 Å². The number of esters is 1. The van der Waals surface area contributed by atoms with Crippen molar-refractivity contribution >= 4 is 34.5 Å². The molecule has 9 nitrogen and oxygen atoms in total. The molecule has 0 bridgehead atoms. The van der Waals surface area contributed by atoms with Crippen LogP contribution in [0.3, 0.4) is 0 Å². The van der Waals surface area contributed by atoms with Crippen molar-refractivity contribution in [3.05, 3.63) is 48.0 Å². The maximum atomic E-state index is 12.5. The molecule has 1 aliphatic carbocycles. The Labute approximate surface area is 224 Å². The van der Waals surface area contributed by atoms with Crippen LogP contribution in [-0.4, -0.2) is 55.0 Å². The minimum Gasteiger partial charge on any atom is -0.467 e. The third kappa shape index (κ3) is 8.55. The third-order valence-corrected chi connectivity index (χ3v) is 6.88. The average Bonchev–Trinajstić information content (AvgIpc) is 3.62. The van der Waals surface area contributed by atoms with Gasteiger partial charge in [0.05, 0.1) is 19.7 Å². The van der Waals surface area contributed by atoms with Gasteiger partial charge in [0.1, 0.15) is 6.04 Å². The number of carbonyl (C=O) groups is 4. The molecule has 3 amide bonds. The van der Waals surface area contributed by atoms with Crippen LogP contribution in [-0.2, 0) is 30.3 Å². The lowest BCUT2D eigenvalue weighted by molar-refractivity contribution is -0.145. The van der Waals surface area contributed by atoms with E-state index >= 15 is 0 Å². The van der Waals surface area contributed by atoms with Crippen LogP contribution in [0, 0.1) is 11.8 Å². The molecule has 3 unspecified atom stereocenters. The van der Waals surface area contributed by atoms with Gasteiger partial charge in [0.25, 0.3) is 0 Å². The van der Waals surface area contributed by atoms with E-state index in [-0.39, 0.29) is 24.4 Å². The minimum absolute atomic E-state index is 0.113. The predicted octanol–water partition coefficient (Wildman–Crippen LogP) is 2.20. The van der Waals surface area contributed by atoms with Crippen LogP contribution >= 0.6 is 0 Å². The van der Waals surface area contributed by atoms with Crippen LogP contribution in [0.15, 0.2) is 42.5 Å². The van der Waals surface area contributed by atoms with Crippen LogP contribution < -0.4 is 21.7 Å². The molecule has 4 rings (SSSR count). The predicted molar refractivity (Wildman–Crippen MR) is 146 cm³/mol. The number of ether oxygens (including phenoxy) is 1. The topological polar surface area (TPSA) is 140 Å². The summed E-state index contributed by atoms with van der Waals surface area (Å²) in [7, 11) is 1.22. The van der Waals surface area contributed by atoms with Gasteiger partial charge in [-0.2, -0.15) is 0 Å². The lowest BCUT2D eigenvalue weighted by Gasteiger charge is -2.20. The molecule has 2 aromatic carbocycles. The largest absolute Gasteiger partial charge is 0.467 e. The molecule has 2 aromatic rings. The zero-order valence-corrected chi connectivity index (χ0v) is 22.7. The normalized spacial score (nSPS) is 19.4. The highest BCUT2D eigenvalue weighted by Crippen LogP contribution is 2.28. The van der Waals surface area contributed by atoms with E-state index in [9.17, 15) is 19.2 Å². The molecule has 38 heavy (non-hydrogen) atoms. The van der Waals surface area contributed by atoms with Gasteiger partial charge in [-0.3, -0.25) is 14.4 Å². The SMILES string of the molecule is CC1CC1.COC(=O)C(CC1CC(C)(C)NC1=O)NC(=O)CNC(=O)C(N)Cc1cccc2ccccc12. The molecular formula is C29H40N4O5. The first-order chi connectivity index (χ1) is 18.0. The fourth-order valence-corrected chi connectivity index (χ4v) is 4.54. The number of nitrogens with one attached hydrogen (secondary N) is 3. The fourth-order valence-electron chi connectivity index (χ4n) is 4.54. The molecule has 0 spiro atoms. The van der Waals surface area contributed by atoms with Gasteiger partial charge in [0.2, 0.25) is 17.7 Å². The maximum absolute atomic E-state index is 12.5. The summed E-state index contributed by atoms with van der Waals surface area (Å²) in [6.45, 7) is 5.72. The second kappa shape index (κ2) is 12.9. The monoisotopic (exact) mass is 524 g/mol. The molecule has 0 radical (unpaired) electrons. The van der Waals surface area contributed by atoms with Crippen molar-refractivity contribution in [2.24, 2.45) is 17.6 Å². The Bertz CT molecular complexity index is 1160. The highest BCUT2D eigenvalue weighted by Gasteiger charge is 2.40. The number of hydrogen-bond acceptors (Lipinski definition) is 6. The summed E-state index contributed by atoms with van der Waals surface area (Å²) in [5, 5.41) is 10.0. The van der Waals surface area contributed by atoms with Gasteiger partial charge in [-0.05, 0) is 55.4 Å². The Morgan fingerprint density at radius 2 is 1.79 bits per heavy atom. The lowest BCUT2D eigenvalue weighted by Crippen LogP contribution is -2.49. The van der Waals surface area contributed by atoms with E-state index in [0.717, 1.165) is 22.3 Å². The number of rotatable bonds is 9. The quantitative estimate of drug-likeness (QED) is 0.371. The average molecular weight is 525 g/mol. The van der Waals surface area contributed by atoms with Gasteiger partial charge in [-0.1, -0.05) is 62.2 Å². The summed E-state index contributed by atoms with van der Waals surface area (Å²) in [6, 6.07) is 11.8. The first kappa shape index (κ1) is 29.1. The molecule has 2 fully saturated rings. The van der Waals surface area contributed by atoms with Gasteiger partial charge in [-0.15, -0.1) is 0 Å². The van der Waals surface area contributed by atoms with Gasteiger partial charge >= 0.3 is 5.97 Å². The molecule has 1 saturated carbocycles. The molecular weight excluding hydrogens is 484 g/mol. The summed E-state index contributed by atoms with van der Waals surface area (Å²) in [5.41, 5.74) is 6.65. The second-order valence-electron chi connectivity index (χ2n) is 11.0.